The lowest BCUT2D eigenvalue weighted by atomic mass is 9.95. The van der Waals surface area contributed by atoms with E-state index in [2.05, 4.69) is 4.72 Å². The highest BCUT2D eigenvalue weighted by Crippen LogP contribution is 2.37. The molecule has 0 aromatic heterocycles. The number of nitrogens with one attached hydrogen (secondary N) is 1. The van der Waals surface area contributed by atoms with Crippen LogP contribution < -0.4 is 10.5 Å². The van der Waals surface area contributed by atoms with Gasteiger partial charge in [0.15, 0.2) is 0 Å². The van der Waals surface area contributed by atoms with Crippen LogP contribution in [0.3, 0.4) is 0 Å². The van der Waals surface area contributed by atoms with Gasteiger partial charge in [0.1, 0.15) is 0 Å². The molecule has 0 saturated heterocycles. The van der Waals surface area contributed by atoms with Crippen molar-refractivity contribution in [3.63, 3.8) is 0 Å². The Bertz CT molecular complexity index is 698. The summed E-state index contributed by atoms with van der Waals surface area (Å²) < 4.78 is 26.7. The van der Waals surface area contributed by atoms with E-state index in [1.54, 1.807) is 18.2 Å². The lowest BCUT2D eigenvalue weighted by Crippen LogP contribution is -2.29. The Morgan fingerprint density at radius 2 is 1.63 bits per heavy atom. The number of sulfonamides is 1. The Morgan fingerprint density at radius 1 is 1.00 bits per heavy atom. The molecule has 3 N–H and O–H groups in total. The molecule has 0 radical (unpaired) electrons. The Kier molecular flexibility index (Phi) is 2.89. The lowest BCUT2D eigenvalue weighted by Gasteiger charge is -2.19. The number of rotatable bonds is 2. The van der Waals surface area contributed by atoms with E-state index >= 15 is 0 Å². The maximum atomic E-state index is 12.0. The molecule has 19 heavy (non-hydrogen) atoms. The van der Waals surface area contributed by atoms with E-state index in [0.29, 0.717) is 4.90 Å². The molecular formula is C14H14N2O2S. The van der Waals surface area contributed by atoms with Gasteiger partial charge in [-0.2, -0.15) is 0 Å². The van der Waals surface area contributed by atoms with E-state index in [4.69, 9.17) is 5.73 Å². The molecule has 5 heteroatoms. The van der Waals surface area contributed by atoms with Gasteiger partial charge in [0.05, 0.1) is 17.0 Å². The van der Waals surface area contributed by atoms with Crippen molar-refractivity contribution in [2.75, 3.05) is 0 Å². The van der Waals surface area contributed by atoms with Crippen LogP contribution in [0.25, 0.3) is 0 Å². The van der Waals surface area contributed by atoms with Crippen molar-refractivity contribution < 1.29 is 8.42 Å². The van der Waals surface area contributed by atoms with Gasteiger partial charge in [-0.1, -0.05) is 48.5 Å². The van der Waals surface area contributed by atoms with Gasteiger partial charge in [0.25, 0.3) is 0 Å². The molecule has 2 aromatic rings. The fourth-order valence-corrected chi connectivity index (χ4v) is 3.91. The molecule has 0 amide bonds. The van der Waals surface area contributed by atoms with Crippen molar-refractivity contribution in [2.24, 2.45) is 5.73 Å². The molecule has 0 spiro atoms. The maximum absolute atomic E-state index is 12.0. The summed E-state index contributed by atoms with van der Waals surface area (Å²) in [7, 11) is -3.44. The van der Waals surface area contributed by atoms with Crippen LogP contribution in [-0.2, 0) is 10.0 Å². The van der Waals surface area contributed by atoms with Gasteiger partial charge in [0.2, 0.25) is 10.0 Å². The van der Waals surface area contributed by atoms with Crippen molar-refractivity contribution in [2.45, 2.75) is 17.0 Å². The molecule has 0 saturated carbocycles. The van der Waals surface area contributed by atoms with Gasteiger partial charge in [-0.25, -0.2) is 13.1 Å². The second-order valence-electron chi connectivity index (χ2n) is 4.57. The van der Waals surface area contributed by atoms with Gasteiger partial charge < -0.3 is 5.73 Å². The Labute approximate surface area is 112 Å². The number of hydrogen-bond acceptors (Lipinski definition) is 3. The molecule has 0 bridgehead atoms. The summed E-state index contributed by atoms with van der Waals surface area (Å²) in [6.45, 7) is 0. The summed E-state index contributed by atoms with van der Waals surface area (Å²) in [6.07, 6.45) is 0. The molecule has 1 heterocycles. The van der Waals surface area contributed by atoms with Crippen LogP contribution in [-0.4, -0.2) is 8.42 Å². The molecule has 2 aromatic carbocycles. The van der Waals surface area contributed by atoms with Crippen LogP contribution in [0.15, 0.2) is 59.5 Å². The molecule has 0 unspecified atom stereocenters. The molecule has 2 atom stereocenters. The molecule has 1 aliphatic heterocycles. The zero-order chi connectivity index (χ0) is 13.5. The van der Waals surface area contributed by atoms with Gasteiger partial charge >= 0.3 is 0 Å². The summed E-state index contributed by atoms with van der Waals surface area (Å²) in [4.78, 5) is 0.325. The monoisotopic (exact) mass is 274 g/mol. The predicted molar refractivity (Wildman–Crippen MR) is 72.9 cm³/mol. The summed E-state index contributed by atoms with van der Waals surface area (Å²) in [5.41, 5.74) is 7.85. The van der Waals surface area contributed by atoms with Crippen molar-refractivity contribution in [1.29, 1.82) is 0 Å². The molecule has 0 fully saturated rings. The van der Waals surface area contributed by atoms with E-state index in [1.807, 2.05) is 36.4 Å². The third-order valence-electron chi connectivity index (χ3n) is 3.37. The topological polar surface area (TPSA) is 72.2 Å². The van der Waals surface area contributed by atoms with Crippen LogP contribution in [0.2, 0.25) is 0 Å². The number of hydrogen-bond donors (Lipinski definition) is 2. The predicted octanol–water partition coefficient (Wildman–Crippen LogP) is 1.72. The van der Waals surface area contributed by atoms with Crippen LogP contribution in [0, 0.1) is 0 Å². The van der Waals surface area contributed by atoms with Crippen molar-refractivity contribution in [1.82, 2.24) is 4.72 Å². The summed E-state index contributed by atoms with van der Waals surface area (Å²) in [5.74, 6) is 0. The van der Waals surface area contributed by atoms with E-state index in [0.717, 1.165) is 11.1 Å². The molecule has 4 nitrogen and oxygen atoms in total. The van der Waals surface area contributed by atoms with E-state index in [-0.39, 0.29) is 0 Å². The average Bonchev–Trinajstić information content (AvgIpc) is 2.72. The highest BCUT2D eigenvalue weighted by molar-refractivity contribution is 7.89. The third kappa shape index (κ3) is 2.06. The van der Waals surface area contributed by atoms with E-state index in [9.17, 15) is 8.42 Å². The summed E-state index contributed by atoms with van der Waals surface area (Å²) in [5, 5.41) is 0. The van der Waals surface area contributed by atoms with Gasteiger partial charge in [-0.3, -0.25) is 0 Å². The summed E-state index contributed by atoms with van der Waals surface area (Å²) >= 11 is 0. The number of benzene rings is 2. The molecule has 0 aliphatic carbocycles. The van der Waals surface area contributed by atoms with Crippen molar-refractivity contribution in [3.8, 4) is 0 Å². The van der Waals surface area contributed by atoms with Crippen molar-refractivity contribution in [3.05, 3.63) is 65.7 Å². The van der Waals surface area contributed by atoms with Crippen LogP contribution in [0.1, 0.15) is 23.2 Å². The normalized spacial score (nSPS) is 21.8. The number of fused-ring (bicyclic) bond motifs is 1. The van der Waals surface area contributed by atoms with Crippen molar-refractivity contribution >= 4 is 10.0 Å². The highest BCUT2D eigenvalue weighted by Gasteiger charge is 2.37. The first-order valence-electron chi connectivity index (χ1n) is 6.01. The fraction of sp³-hybridized carbons (Fsp3) is 0.143. The van der Waals surface area contributed by atoms with Gasteiger partial charge in [-0.15, -0.1) is 0 Å². The first-order valence-corrected chi connectivity index (χ1v) is 7.50. The van der Waals surface area contributed by atoms with Crippen LogP contribution >= 0.6 is 0 Å². The van der Waals surface area contributed by atoms with Crippen LogP contribution in [0.4, 0.5) is 0 Å². The van der Waals surface area contributed by atoms with E-state index < -0.39 is 22.1 Å². The minimum atomic E-state index is -3.44. The minimum Gasteiger partial charge on any atom is -0.322 e. The lowest BCUT2D eigenvalue weighted by molar-refractivity contribution is 0.524. The number of nitrogens with two attached hydrogens (primary N) is 1. The third-order valence-corrected chi connectivity index (χ3v) is 4.88. The molecule has 1 aliphatic rings. The smallest absolute Gasteiger partial charge is 0.241 e. The second kappa shape index (κ2) is 4.45. The SMILES string of the molecule is N[C@H](c1ccccc1)[C@@H]1NS(=O)(=O)c2ccccc21. The first-order chi connectivity index (χ1) is 9.09. The largest absolute Gasteiger partial charge is 0.322 e. The van der Waals surface area contributed by atoms with Gasteiger partial charge in [0, 0.05) is 0 Å². The first kappa shape index (κ1) is 12.3. The van der Waals surface area contributed by atoms with E-state index in [1.165, 1.54) is 0 Å². The zero-order valence-electron chi connectivity index (χ0n) is 10.2. The summed E-state index contributed by atoms with van der Waals surface area (Å²) in [6, 6.07) is 15.6. The fourth-order valence-electron chi connectivity index (χ4n) is 2.41. The highest BCUT2D eigenvalue weighted by atomic mass is 32.2. The molecule has 3 rings (SSSR count). The Hall–Kier alpha value is -1.69. The Morgan fingerprint density at radius 3 is 2.37 bits per heavy atom. The minimum absolute atomic E-state index is 0.325. The molecular weight excluding hydrogens is 260 g/mol. The average molecular weight is 274 g/mol. The second-order valence-corrected chi connectivity index (χ2v) is 6.26. The maximum Gasteiger partial charge on any atom is 0.241 e. The quantitative estimate of drug-likeness (QED) is 0.876. The molecule has 98 valence electrons. The van der Waals surface area contributed by atoms with Crippen LogP contribution in [0.5, 0.6) is 0 Å². The Balaban J connectivity index is 2.05. The standard InChI is InChI=1S/C14H14N2O2S/c15-13(10-6-2-1-3-7-10)14-11-8-4-5-9-12(11)19(17,18)16-14/h1-9,13-14,16H,15H2/t13-,14-/m1/s1. The zero-order valence-corrected chi connectivity index (χ0v) is 11.0. The van der Waals surface area contributed by atoms with Gasteiger partial charge in [-0.05, 0) is 17.2 Å².